The summed E-state index contributed by atoms with van der Waals surface area (Å²) in [5.41, 5.74) is 6.00. The Morgan fingerprint density at radius 1 is 1.06 bits per heavy atom. The predicted molar refractivity (Wildman–Crippen MR) is 62.4 cm³/mol. The largest absolute Gasteiger partial charge is 0.323 e. The van der Waals surface area contributed by atoms with Crippen LogP contribution in [-0.2, 0) is 10.0 Å². The standard InChI is InChI=1S/C11H20N2O2S/c12-11(9-5-6-9)7-13(8-11)16(14,15)10-3-1-2-4-10/h9-10H,1-8,12H2. The van der Waals surface area contributed by atoms with Gasteiger partial charge in [-0.15, -0.1) is 0 Å². The molecule has 0 aromatic heterocycles. The van der Waals surface area contributed by atoms with E-state index < -0.39 is 10.0 Å². The van der Waals surface area contributed by atoms with Gasteiger partial charge in [-0.25, -0.2) is 8.42 Å². The third kappa shape index (κ3) is 1.60. The van der Waals surface area contributed by atoms with Crippen LogP contribution >= 0.6 is 0 Å². The van der Waals surface area contributed by atoms with Gasteiger partial charge in [0, 0.05) is 18.6 Å². The Kier molecular flexibility index (Phi) is 2.36. The number of hydrogen-bond donors (Lipinski definition) is 1. The molecule has 92 valence electrons. The molecule has 0 aromatic rings. The van der Waals surface area contributed by atoms with Gasteiger partial charge in [0.1, 0.15) is 0 Å². The lowest BCUT2D eigenvalue weighted by molar-refractivity contribution is 0.134. The summed E-state index contributed by atoms with van der Waals surface area (Å²) in [6.45, 7) is 1.13. The summed E-state index contributed by atoms with van der Waals surface area (Å²) in [7, 11) is -3.03. The molecule has 2 saturated carbocycles. The summed E-state index contributed by atoms with van der Waals surface area (Å²) < 4.78 is 26.1. The van der Waals surface area contributed by atoms with Crippen molar-refractivity contribution in [2.24, 2.45) is 11.7 Å². The number of sulfonamides is 1. The molecule has 0 spiro atoms. The summed E-state index contributed by atoms with van der Waals surface area (Å²) in [5, 5.41) is -0.115. The first-order valence-electron chi connectivity index (χ1n) is 6.30. The van der Waals surface area contributed by atoms with E-state index in [4.69, 9.17) is 5.73 Å². The molecular formula is C11H20N2O2S. The monoisotopic (exact) mass is 244 g/mol. The molecule has 16 heavy (non-hydrogen) atoms. The van der Waals surface area contributed by atoms with Crippen molar-refractivity contribution in [2.75, 3.05) is 13.1 Å². The molecule has 0 unspecified atom stereocenters. The zero-order valence-electron chi connectivity index (χ0n) is 9.56. The summed E-state index contributed by atoms with van der Waals surface area (Å²) in [6.07, 6.45) is 6.20. The molecule has 0 aromatic carbocycles. The van der Waals surface area contributed by atoms with Gasteiger partial charge in [0.2, 0.25) is 10.0 Å². The molecule has 1 aliphatic heterocycles. The molecule has 5 heteroatoms. The van der Waals surface area contributed by atoms with Gasteiger partial charge in [0.25, 0.3) is 0 Å². The molecule has 0 radical (unpaired) electrons. The third-order valence-corrected chi connectivity index (χ3v) is 6.71. The van der Waals surface area contributed by atoms with Crippen LogP contribution in [0, 0.1) is 5.92 Å². The minimum atomic E-state index is -3.03. The molecule has 2 aliphatic carbocycles. The third-order valence-electron chi connectivity index (χ3n) is 4.42. The van der Waals surface area contributed by atoms with E-state index in [0.29, 0.717) is 19.0 Å². The topological polar surface area (TPSA) is 63.4 Å². The van der Waals surface area contributed by atoms with E-state index in [1.165, 1.54) is 12.8 Å². The molecule has 0 amide bonds. The van der Waals surface area contributed by atoms with Crippen LogP contribution in [0.5, 0.6) is 0 Å². The van der Waals surface area contributed by atoms with Crippen molar-refractivity contribution >= 4 is 10.0 Å². The number of hydrogen-bond acceptors (Lipinski definition) is 3. The molecule has 3 aliphatic rings. The summed E-state index contributed by atoms with van der Waals surface area (Å²) in [4.78, 5) is 0. The number of rotatable bonds is 3. The average molecular weight is 244 g/mol. The average Bonchev–Trinajstić information content (AvgIpc) is 2.88. The van der Waals surface area contributed by atoms with E-state index in [2.05, 4.69) is 0 Å². The van der Waals surface area contributed by atoms with Crippen LogP contribution in [0.25, 0.3) is 0 Å². The summed E-state index contributed by atoms with van der Waals surface area (Å²) >= 11 is 0. The van der Waals surface area contributed by atoms with Crippen molar-refractivity contribution in [1.82, 2.24) is 4.31 Å². The highest BCUT2D eigenvalue weighted by atomic mass is 32.2. The van der Waals surface area contributed by atoms with Gasteiger partial charge in [-0.05, 0) is 31.6 Å². The highest BCUT2D eigenvalue weighted by Gasteiger charge is 2.54. The first-order chi connectivity index (χ1) is 7.52. The fourth-order valence-electron chi connectivity index (χ4n) is 3.10. The Morgan fingerprint density at radius 3 is 2.12 bits per heavy atom. The number of nitrogens with two attached hydrogens (primary N) is 1. The van der Waals surface area contributed by atoms with Gasteiger partial charge in [0.15, 0.2) is 0 Å². The zero-order chi connectivity index (χ0) is 11.4. The Hall–Kier alpha value is -0.130. The second-order valence-electron chi connectivity index (χ2n) is 5.73. The van der Waals surface area contributed by atoms with Crippen molar-refractivity contribution in [2.45, 2.75) is 49.3 Å². The second kappa shape index (κ2) is 3.43. The van der Waals surface area contributed by atoms with Crippen molar-refractivity contribution < 1.29 is 8.42 Å². The van der Waals surface area contributed by atoms with Gasteiger partial charge in [-0.1, -0.05) is 12.8 Å². The SMILES string of the molecule is NC1(C2CC2)CN(S(=O)(=O)C2CCCC2)C1. The van der Waals surface area contributed by atoms with Gasteiger partial charge < -0.3 is 5.73 Å². The highest BCUT2D eigenvalue weighted by molar-refractivity contribution is 7.89. The smallest absolute Gasteiger partial charge is 0.217 e. The van der Waals surface area contributed by atoms with Gasteiger partial charge in [-0.2, -0.15) is 4.31 Å². The maximum atomic E-state index is 12.2. The van der Waals surface area contributed by atoms with Crippen molar-refractivity contribution in [3.63, 3.8) is 0 Å². The quantitative estimate of drug-likeness (QED) is 0.794. The minimum absolute atomic E-state index is 0.115. The first-order valence-corrected chi connectivity index (χ1v) is 7.80. The number of nitrogens with zero attached hydrogens (tertiary/aromatic N) is 1. The van der Waals surface area contributed by atoms with E-state index in [1.807, 2.05) is 0 Å². The molecule has 2 N–H and O–H groups in total. The molecule has 0 atom stereocenters. The van der Waals surface area contributed by atoms with E-state index in [-0.39, 0.29) is 10.8 Å². The van der Waals surface area contributed by atoms with Crippen LogP contribution < -0.4 is 5.73 Å². The van der Waals surface area contributed by atoms with Crippen LogP contribution in [0.1, 0.15) is 38.5 Å². The molecule has 3 rings (SSSR count). The van der Waals surface area contributed by atoms with E-state index in [0.717, 1.165) is 25.7 Å². The predicted octanol–water partition coefficient (Wildman–Crippen LogP) is 0.682. The van der Waals surface area contributed by atoms with Crippen LogP contribution in [0.15, 0.2) is 0 Å². The van der Waals surface area contributed by atoms with Gasteiger partial charge in [0.05, 0.1) is 5.25 Å². The molecular weight excluding hydrogens is 224 g/mol. The van der Waals surface area contributed by atoms with Crippen LogP contribution in [0.3, 0.4) is 0 Å². The van der Waals surface area contributed by atoms with Gasteiger partial charge in [-0.3, -0.25) is 0 Å². The molecule has 1 saturated heterocycles. The van der Waals surface area contributed by atoms with Crippen LogP contribution in [-0.4, -0.2) is 36.6 Å². The molecule has 3 fully saturated rings. The molecule has 4 nitrogen and oxygen atoms in total. The lowest BCUT2D eigenvalue weighted by Crippen LogP contribution is -2.70. The normalized spacial score (nSPS) is 31.6. The Balaban J connectivity index is 1.66. The lowest BCUT2D eigenvalue weighted by Gasteiger charge is -2.48. The van der Waals surface area contributed by atoms with Crippen molar-refractivity contribution in [3.8, 4) is 0 Å². The summed E-state index contributed by atoms with van der Waals surface area (Å²) in [6, 6.07) is 0. The minimum Gasteiger partial charge on any atom is -0.323 e. The van der Waals surface area contributed by atoms with Crippen molar-refractivity contribution in [3.05, 3.63) is 0 Å². The Morgan fingerprint density at radius 2 is 1.62 bits per heavy atom. The summed E-state index contributed by atoms with van der Waals surface area (Å²) in [5.74, 6) is 0.586. The Labute approximate surface area is 97.2 Å². The first kappa shape index (κ1) is 11.0. The van der Waals surface area contributed by atoms with E-state index >= 15 is 0 Å². The highest BCUT2D eigenvalue weighted by Crippen LogP contribution is 2.44. The molecule has 0 bridgehead atoms. The van der Waals surface area contributed by atoms with E-state index in [1.54, 1.807) is 4.31 Å². The van der Waals surface area contributed by atoms with Crippen LogP contribution in [0.4, 0.5) is 0 Å². The zero-order valence-corrected chi connectivity index (χ0v) is 10.4. The van der Waals surface area contributed by atoms with Crippen molar-refractivity contribution in [1.29, 1.82) is 0 Å². The van der Waals surface area contributed by atoms with Gasteiger partial charge >= 0.3 is 0 Å². The lowest BCUT2D eigenvalue weighted by atomic mass is 9.88. The maximum Gasteiger partial charge on any atom is 0.217 e. The Bertz CT molecular complexity index is 377. The fraction of sp³-hybridized carbons (Fsp3) is 1.00. The molecule has 1 heterocycles. The fourth-order valence-corrected chi connectivity index (χ4v) is 5.30. The van der Waals surface area contributed by atoms with E-state index in [9.17, 15) is 8.42 Å². The second-order valence-corrected chi connectivity index (χ2v) is 7.94. The van der Waals surface area contributed by atoms with Crippen LogP contribution in [0.2, 0.25) is 0 Å². The maximum absolute atomic E-state index is 12.2.